The van der Waals surface area contributed by atoms with Crippen molar-refractivity contribution < 1.29 is 19.4 Å². The highest BCUT2D eigenvalue weighted by Crippen LogP contribution is 2.75. The van der Waals surface area contributed by atoms with Crippen LogP contribution in [-0.4, -0.2) is 23.0 Å². The molecular weight excluding hydrogens is 508 g/mol. The lowest BCUT2D eigenvalue weighted by molar-refractivity contribution is -0.202. The second-order valence-electron chi connectivity index (χ2n) is 16.7. The van der Waals surface area contributed by atoms with E-state index in [2.05, 4.69) is 54.5 Å². The predicted octanol–water partition coefficient (Wildman–Crippen LogP) is 8.07. The number of esters is 1. The van der Waals surface area contributed by atoms with Gasteiger partial charge in [0.25, 0.3) is 0 Å². The van der Waals surface area contributed by atoms with E-state index in [4.69, 9.17) is 4.74 Å². The van der Waals surface area contributed by atoms with Crippen molar-refractivity contribution in [1.29, 1.82) is 0 Å². The van der Waals surface area contributed by atoms with Crippen molar-refractivity contribution in [3.63, 3.8) is 0 Å². The summed E-state index contributed by atoms with van der Waals surface area (Å²) in [5.41, 5.74) is 1.40. The molecule has 1 N–H and O–H groups in total. The van der Waals surface area contributed by atoms with Crippen molar-refractivity contribution >= 4 is 11.8 Å². The van der Waals surface area contributed by atoms with Gasteiger partial charge in [0.1, 0.15) is 6.61 Å². The first kappa shape index (κ1) is 29.1. The molecule has 0 spiro atoms. The summed E-state index contributed by atoms with van der Waals surface area (Å²) in [6.45, 7) is 16.5. The van der Waals surface area contributed by atoms with Gasteiger partial charge in [0.2, 0.25) is 0 Å². The van der Waals surface area contributed by atoms with E-state index in [1.54, 1.807) is 0 Å². The number of aliphatic hydroxyl groups excluding tert-OH is 1. The van der Waals surface area contributed by atoms with Crippen molar-refractivity contribution in [2.24, 2.45) is 50.2 Å². The molecule has 1 aromatic carbocycles. The zero-order valence-corrected chi connectivity index (χ0v) is 26.5. The van der Waals surface area contributed by atoms with E-state index in [0.717, 1.165) is 63.4 Å². The number of aliphatic hydroxyl groups is 1. The van der Waals surface area contributed by atoms with Crippen LogP contribution in [0.15, 0.2) is 42.0 Å². The second kappa shape index (κ2) is 9.28. The number of allylic oxidation sites excluding steroid dienone is 2. The van der Waals surface area contributed by atoms with Crippen LogP contribution in [0.2, 0.25) is 0 Å². The third kappa shape index (κ3) is 4.01. The number of fused-ring (bicyclic) bond motifs is 7. The Bertz CT molecular complexity index is 1260. The number of hydrogen-bond acceptors (Lipinski definition) is 4. The third-order valence-electron chi connectivity index (χ3n) is 14.3. The molecule has 0 aromatic heterocycles. The van der Waals surface area contributed by atoms with Crippen LogP contribution >= 0.6 is 0 Å². The molecule has 0 saturated heterocycles. The van der Waals surface area contributed by atoms with E-state index in [1.807, 2.05) is 30.3 Å². The van der Waals surface area contributed by atoms with Gasteiger partial charge >= 0.3 is 5.97 Å². The fourth-order valence-electron chi connectivity index (χ4n) is 11.3. The number of carbonyl (C=O) groups is 2. The van der Waals surface area contributed by atoms with Crippen LogP contribution < -0.4 is 0 Å². The highest BCUT2D eigenvalue weighted by atomic mass is 16.5. The van der Waals surface area contributed by atoms with Crippen LogP contribution in [0, 0.1) is 50.2 Å². The lowest BCUT2D eigenvalue weighted by Crippen LogP contribution is -2.66. The fraction of sp³-hybridized carbons (Fsp3) is 0.730. The van der Waals surface area contributed by atoms with Crippen LogP contribution in [0.5, 0.6) is 0 Å². The Hall–Kier alpha value is -1.94. The largest absolute Gasteiger partial charge is 0.460 e. The molecule has 1 aromatic rings. The average molecular weight is 561 g/mol. The van der Waals surface area contributed by atoms with Crippen LogP contribution in [0.25, 0.3) is 0 Å². The minimum atomic E-state index is -0.550. The average Bonchev–Trinajstić information content (AvgIpc) is 2.92. The molecule has 0 amide bonds. The Morgan fingerprint density at radius 1 is 0.902 bits per heavy atom. The van der Waals surface area contributed by atoms with Crippen LogP contribution in [0.4, 0.5) is 0 Å². The molecule has 0 bridgehead atoms. The van der Waals surface area contributed by atoms with E-state index in [-0.39, 0.29) is 51.0 Å². The Labute approximate surface area is 247 Å². The molecule has 4 saturated carbocycles. The van der Waals surface area contributed by atoms with E-state index >= 15 is 0 Å². The molecule has 4 fully saturated rings. The third-order valence-corrected chi connectivity index (χ3v) is 14.3. The summed E-state index contributed by atoms with van der Waals surface area (Å²) in [4.78, 5) is 28.1. The number of rotatable bonds is 3. The van der Waals surface area contributed by atoms with Gasteiger partial charge in [-0.1, -0.05) is 77.4 Å². The van der Waals surface area contributed by atoms with Gasteiger partial charge in [-0.15, -0.1) is 0 Å². The van der Waals surface area contributed by atoms with E-state index in [0.29, 0.717) is 18.3 Å². The molecule has 0 aliphatic heterocycles. The van der Waals surface area contributed by atoms with Crippen LogP contribution in [0.1, 0.15) is 112 Å². The maximum Gasteiger partial charge on any atom is 0.312 e. The van der Waals surface area contributed by atoms with Crippen molar-refractivity contribution in [3.05, 3.63) is 47.5 Å². The normalized spacial score (nSPS) is 46.7. The summed E-state index contributed by atoms with van der Waals surface area (Å²) >= 11 is 0. The Morgan fingerprint density at radius 2 is 1.59 bits per heavy atom. The van der Waals surface area contributed by atoms with Gasteiger partial charge in [-0.05, 0) is 115 Å². The molecule has 5 aliphatic rings. The van der Waals surface area contributed by atoms with Crippen LogP contribution in [-0.2, 0) is 20.9 Å². The number of hydrogen-bond donors (Lipinski definition) is 1. The summed E-state index contributed by atoms with van der Waals surface area (Å²) < 4.78 is 5.93. The minimum Gasteiger partial charge on any atom is -0.460 e. The van der Waals surface area contributed by atoms with E-state index in [9.17, 15) is 14.7 Å². The smallest absolute Gasteiger partial charge is 0.312 e. The Balaban J connectivity index is 1.34. The first-order valence-corrected chi connectivity index (χ1v) is 16.3. The molecule has 6 rings (SSSR count). The lowest BCUT2D eigenvalue weighted by atomic mass is 9.33. The second-order valence-corrected chi connectivity index (χ2v) is 16.7. The molecule has 9 atom stereocenters. The lowest BCUT2D eigenvalue weighted by Gasteiger charge is -2.70. The first-order chi connectivity index (χ1) is 19.1. The quantitative estimate of drug-likeness (QED) is 0.380. The molecule has 0 heterocycles. The highest BCUT2D eigenvalue weighted by molar-refractivity contribution is 5.95. The van der Waals surface area contributed by atoms with Crippen LogP contribution in [0.3, 0.4) is 0 Å². The molecule has 4 nitrogen and oxygen atoms in total. The summed E-state index contributed by atoms with van der Waals surface area (Å²) in [5, 5.41) is 11.0. The maximum atomic E-state index is 14.5. The van der Waals surface area contributed by atoms with Gasteiger partial charge in [0.05, 0.1) is 11.5 Å². The fourth-order valence-corrected chi connectivity index (χ4v) is 11.3. The van der Waals surface area contributed by atoms with Crippen molar-refractivity contribution in [1.82, 2.24) is 0 Å². The zero-order valence-electron chi connectivity index (χ0n) is 26.5. The molecule has 0 radical (unpaired) electrons. The summed E-state index contributed by atoms with van der Waals surface area (Å²) in [6, 6.07) is 9.93. The monoisotopic (exact) mass is 560 g/mol. The SMILES string of the molecule is CC1(C)C2CC[C@]3(C)[C@H](C(=O)C=C4[C@H]5C[C@@](C)(C(=O)OCc6ccccc6)CC[C@]5(C)CC[C@]43C)[C@@]2(C)CC[C@@H]1O. The summed E-state index contributed by atoms with van der Waals surface area (Å²) in [6.07, 6.45) is 10.4. The topological polar surface area (TPSA) is 63.6 Å². The van der Waals surface area contributed by atoms with Gasteiger partial charge in [-0.25, -0.2) is 0 Å². The molecule has 5 aliphatic carbocycles. The zero-order chi connectivity index (χ0) is 29.6. The van der Waals surface area contributed by atoms with Crippen molar-refractivity contribution in [2.75, 3.05) is 0 Å². The van der Waals surface area contributed by atoms with E-state index in [1.165, 1.54) is 5.57 Å². The molecule has 4 heteroatoms. The Kier molecular flexibility index (Phi) is 6.60. The molecule has 224 valence electrons. The molecular formula is C37H52O4. The Morgan fingerprint density at radius 3 is 2.29 bits per heavy atom. The van der Waals surface area contributed by atoms with Gasteiger partial charge in [-0.3, -0.25) is 9.59 Å². The highest BCUT2D eigenvalue weighted by Gasteiger charge is 2.70. The van der Waals surface area contributed by atoms with Gasteiger partial charge in [0, 0.05) is 5.92 Å². The maximum absolute atomic E-state index is 14.5. The van der Waals surface area contributed by atoms with E-state index < -0.39 is 5.41 Å². The number of ketones is 1. The predicted molar refractivity (Wildman–Crippen MR) is 162 cm³/mol. The van der Waals surface area contributed by atoms with Gasteiger partial charge < -0.3 is 9.84 Å². The number of benzene rings is 1. The van der Waals surface area contributed by atoms with Gasteiger partial charge in [-0.2, -0.15) is 0 Å². The first-order valence-electron chi connectivity index (χ1n) is 16.3. The standard InChI is InChI=1S/C37H52O4/c1-32(2)28-13-16-37(7)30(35(28,5)15-14-29(32)39)27(38)21-25-26-22-34(4,18-17-33(26,3)19-20-36(25,37)6)31(40)41-23-24-11-9-8-10-12-24/h8-12,21,26,28-30,39H,13-20,22-23H2,1-7H3/t26-,28?,29+,30-,33-,34+,35+,36-,37-/m1/s1. The van der Waals surface area contributed by atoms with Crippen molar-refractivity contribution in [3.8, 4) is 0 Å². The van der Waals surface area contributed by atoms with Gasteiger partial charge in [0.15, 0.2) is 5.78 Å². The summed E-state index contributed by atoms with van der Waals surface area (Å²) in [7, 11) is 0. The summed E-state index contributed by atoms with van der Waals surface area (Å²) in [5.74, 6) is 0.734. The van der Waals surface area contributed by atoms with Crippen molar-refractivity contribution in [2.45, 2.75) is 119 Å². The minimum absolute atomic E-state index is 0.0237. The molecule has 41 heavy (non-hydrogen) atoms. The molecule has 1 unspecified atom stereocenters. The number of ether oxygens (including phenoxy) is 1. The number of carbonyl (C=O) groups excluding carboxylic acids is 2.